The van der Waals surface area contributed by atoms with E-state index in [2.05, 4.69) is 0 Å². The lowest BCUT2D eigenvalue weighted by Gasteiger charge is -2.14. The van der Waals surface area contributed by atoms with E-state index in [1.165, 1.54) is 4.90 Å². The quantitative estimate of drug-likeness (QED) is 0.828. The van der Waals surface area contributed by atoms with Gasteiger partial charge in [-0.05, 0) is 24.3 Å². The molecule has 0 heterocycles. The first-order valence-electron chi connectivity index (χ1n) is 5.29. The van der Waals surface area contributed by atoms with Crippen LogP contribution < -0.4 is 0 Å². The summed E-state index contributed by atoms with van der Waals surface area (Å²) >= 11 is 5.73. The second kappa shape index (κ2) is 7.14. The van der Waals surface area contributed by atoms with Gasteiger partial charge in [0.2, 0.25) is 5.91 Å². The predicted molar refractivity (Wildman–Crippen MR) is 70.6 cm³/mol. The number of hydrogen-bond donors (Lipinski definition) is 0. The fourth-order valence-electron chi connectivity index (χ4n) is 1.23. The molecule has 1 amide bonds. The third-order valence-electron chi connectivity index (χ3n) is 2.32. The number of nitrogens with zero attached hydrogens (tertiary/aromatic N) is 2. The zero-order valence-corrected chi connectivity index (χ0v) is 11.5. The van der Waals surface area contributed by atoms with E-state index in [1.807, 2.05) is 6.07 Å². The van der Waals surface area contributed by atoms with E-state index in [4.69, 9.17) is 16.9 Å². The predicted octanol–water partition coefficient (Wildman–Crippen LogP) is 1.82. The first-order chi connectivity index (χ1) is 8.54. The van der Waals surface area contributed by atoms with Gasteiger partial charge in [0.05, 0.1) is 23.3 Å². The fourth-order valence-corrected chi connectivity index (χ4v) is 2.41. The second-order valence-electron chi connectivity index (χ2n) is 3.67. The van der Waals surface area contributed by atoms with Crippen LogP contribution >= 0.6 is 11.6 Å². The number of nitriles is 1. The maximum Gasteiger partial charge on any atom is 0.235 e. The molecule has 0 aliphatic heterocycles. The van der Waals surface area contributed by atoms with Crippen LogP contribution in [0.15, 0.2) is 29.2 Å². The summed E-state index contributed by atoms with van der Waals surface area (Å²) in [5.41, 5.74) is 0. The molecule has 1 rings (SSSR count). The maximum absolute atomic E-state index is 11.9. The van der Waals surface area contributed by atoms with Crippen molar-refractivity contribution in [3.8, 4) is 6.07 Å². The minimum atomic E-state index is -1.38. The highest BCUT2D eigenvalue weighted by molar-refractivity contribution is 7.85. The Hall–Kier alpha value is -1.38. The van der Waals surface area contributed by atoms with Gasteiger partial charge in [-0.1, -0.05) is 11.6 Å². The van der Waals surface area contributed by atoms with Crippen molar-refractivity contribution in [2.24, 2.45) is 0 Å². The molecule has 18 heavy (non-hydrogen) atoms. The van der Waals surface area contributed by atoms with E-state index in [-0.39, 0.29) is 18.1 Å². The Balaban J connectivity index is 2.57. The first kappa shape index (κ1) is 14.7. The number of carbonyl (C=O) groups excluding carboxylic acids is 1. The van der Waals surface area contributed by atoms with Crippen molar-refractivity contribution < 1.29 is 9.00 Å². The van der Waals surface area contributed by atoms with Crippen LogP contribution in [0, 0.1) is 11.3 Å². The molecule has 1 atom stereocenters. The molecular formula is C12H13ClN2O2S. The summed E-state index contributed by atoms with van der Waals surface area (Å²) < 4.78 is 11.9. The van der Waals surface area contributed by atoms with Crippen LogP contribution in [0.25, 0.3) is 0 Å². The van der Waals surface area contributed by atoms with E-state index >= 15 is 0 Å². The van der Waals surface area contributed by atoms with E-state index in [1.54, 1.807) is 31.3 Å². The Bertz CT molecular complexity index is 482. The lowest BCUT2D eigenvalue weighted by atomic mass is 10.4. The summed E-state index contributed by atoms with van der Waals surface area (Å²) in [7, 11) is 0.215. The molecule has 0 aliphatic rings. The highest BCUT2D eigenvalue weighted by Crippen LogP contribution is 2.13. The van der Waals surface area contributed by atoms with Crippen LogP contribution in [0.4, 0.5) is 0 Å². The Morgan fingerprint density at radius 1 is 1.44 bits per heavy atom. The highest BCUT2D eigenvalue weighted by Gasteiger charge is 2.13. The standard InChI is InChI=1S/C12H13ClN2O2S/c1-15(8-2-7-14)12(16)9-18(17)11-5-3-10(13)4-6-11/h3-6H,2,8-9H2,1H3. The average molecular weight is 285 g/mol. The van der Waals surface area contributed by atoms with Gasteiger partial charge < -0.3 is 4.90 Å². The van der Waals surface area contributed by atoms with Crippen LogP contribution in [0.5, 0.6) is 0 Å². The van der Waals surface area contributed by atoms with Crippen molar-refractivity contribution in [1.29, 1.82) is 5.26 Å². The Labute approximate surface area is 114 Å². The first-order valence-corrected chi connectivity index (χ1v) is 6.99. The Morgan fingerprint density at radius 3 is 2.61 bits per heavy atom. The summed E-state index contributed by atoms with van der Waals surface area (Å²) in [5, 5.41) is 8.99. The lowest BCUT2D eigenvalue weighted by molar-refractivity contribution is -0.127. The Kier molecular flexibility index (Phi) is 5.83. The number of hydrogen-bond acceptors (Lipinski definition) is 3. The zero-order chi connectivity index (χ0) is 13.5. The van der Waals surface area contributed by atoms with Crippen molar-refractivity contribution >= 4 is 28.3 Å². The van der Waals surface area contributed by atoms with E-state index in [0.29, 0.717) is 16.5 Å². The SMILES string of the molecule is CN(CCC#N)C(=O)CS(=O)c1ccc(Cl)cc1. The van der Waals surface area contributed by atoms with Crippen LogP contribution in [0.3, 0.4) is 0 Å². The molecule has 0 bridgehead atoms. The van der Waals surface area contributed by atoms with Crippen LogP contribution in [0.1, 0.15) is 6.42 Å². The van der Waals surface area contributed by atoms with E-state index in [0.717, 1.165) is 0 Å². The van der Waals surface area contributed by atoms with Gasteiger partial charge in [0.25, 0.3) is 0 Å². The number of benzene rings is 1. The number of rotatable bonds is 5. The number of amides is 1. The van der Waals surface area contributed by atoms with Crippen molar-refractivity contribution in [3.05, 3.63) is 29.3 Å². The number of carbonyl (C=O) groups is 1. The molecule has 6 heteroatoms. The minimum absolute atomic E-state index is 0.0798. The normalized spacial score (nSPS) is 11.6. The van der Waals surface area contributed by atoms with Gasteiger partial charge in [-0.2, -0.15) is 5.26 Å². The maximum atomic E-state index is 11.9. The molecule has 1 aromatic rings. The molecule has 0 radical (unpaired) electrons. The summed E-state index contributed by atoms with van der Waals surface area (Å²) in [6.07, 6.45) is 0.274. The van der Waals surface area contributed by atoms with E-state index in [9.17, 15) is 9.00 Å². The van der Waals surface area contributed by atoms with Crippen LogP contribution in [0.2, 0.25) is 5.02 Å². The van der Waals surface area contributed by atoms with Crippen molar-refractivity contribution in [3.63, 3.8) is 0 Å². The van der Waals surface area contributed by atoms with Gasteiger partial charge in [0.1, 0.15) is 5.75 Å². The van der Waals surface area contributed by atoms with Gasteiger partial charge in [0, 0.05) is 23.5 Å². The van der Waals surface area contributed by atoms with Gasteiger partial charge in [-0.15, -0.1) is 0 Å². The summed E-state index contributed by atoms with van der Waals surface area (Å²) in [6.45, 7) is 0.354. The largest absolute Gasteiger partial charge is 0.344 e. The Morgan fingerprint density at radius 2 is 2.06 bits per heavy atom. The minimum Gasteiger partial charge on any atom is -0.344 e. The lowest BCUT2D eigenvalue weighted by Crippen LogP contribution is -2.31. The van der Waals surface area contributed by atoms with Gasteiger partial charge >= 0.3 is 0 Å². The zero-order valence-electron chi connectivity index (χ0n) is 9.93. The van der Waals surface area contributed by atoms with Gasteiger partial charge in [0.15, 0.2) is 0 Å². The molecule has 0 aliphatic carbocycles. The van der Waals surface area contributed by atoms with E-state index < -0.39 is 10.8 Å². The monoisotopic (exact) mass is 284 g/mol. The van der Waals surface area contributed by atoms with Crippen molar-refractivity contribution in [1.82, 2.24) is 4.90 Å². The molecule has 1 aromatic carbocycles. The average Bonchev–Trinajstić information content (AvgIpc) is 2.36. The topological polar surface area (TPSA) is 61.2 Å². The molecule has 0 fully saturated rings. The molecule has 0 saturated carbocycles. The smallest absolute Gasteiger partial charge is 0.235 e. The van der Waals surface area contributed by atoms with Gasteiger partial charge in [-0.3, -0.25) is 9.00 Å². The molecule has 0 aromatic heterocycles. The third-order valence-corrected chi connectivity index (χ3v) is 3.87. The summed E-state index contributed by atoms with van der Waals surface area (Å²) in [6, 6.07) is 8.52. The van der Waals surface area contributed by atoms with Crippen LogP contribution in [-0.2, 0) is 15.6 Å². The fraction of sp³-hybridized carbons (Fsp3) is 0.333. The van der Waals surface area contributed by atoms with Crippen molar-refractivity contribution in [2.75, 3.05) is 19.3 Å². The van der Waals surface area contributed by atoms with Crippen molar-refractivity contribution in [2.45, 2.75) is 11.3 Å². The summed E-state index contributed by atoms with van der Waals surface area (Å²) in [5.74, 6) is -0.317. The molecule has 0 N–H and O–H groups in total. The molecular weight excluding hydrogens is 272 g/mol. The molecule has 0 saturated heterocycles. The molecule has 1 unspecified atom stereocenters. The third kappa shape index (κ3) is 4.47. The molecule has 96 valence electrons. The molecule has 4 nitrogen and oxygen atoms in total. The number of halogens is 1. The highest BCUT2D eigenvalue weighted by atomic mass is 35.5. The van der Waals surface area contributed by atoms with Gasteiger partial charge in [-0.25, -0.2) is 0 Å². The second-order valence-corrected chi connectivity index (χ2v) is 5.55. The summed E-state index contributed by atoms with van der Waals surface area (Å²) in [4.78, 5) is 13.7. The van der Waals surface area contributed by atoms with Crippen LogP contribution in [-0.4, -0.2) is 34.4 Å². The molecule has 0 spiro atoms.